The first-order valence-corrected chi connectivity index (χ1v) is 8.93. The summed E-state index contributed by atoms with van der Waals surface area (Å²) in [5.74, 6) is 0. The molecule has 21 heavy (non-hydrogen) atoms. The topological polar surface area (TPSA) is 19.7 Å². The van der Waals surface area contributed by atoms with Gasteiger partial charge >= 0.3 is 8.72 Å². The van der Waals surface area contributed by atoms with Crippen molar-refractivity contribution >= 4 is 8.72 Å². The molecule has 5 heteroatoms. The van der Waals surface area contributed by atoms with Crippen LogP contribution in [0.2, 0.25) is 0 Å². The molecule has 6 rings (SSSR count). The summed E-state index contributed by atoms with van der Waals surface area (Å²) in [6.07, 6.45) is 8.92. The molecule has 0 saturated carbocycles. The van der Waals surface area contributed by atoms with Crippen LogP contribution in [0.4, 0.5) is 0 Å². The molecule has 6 heterocycles. The van der Waals surface area contributed by atoms with E-state index in [-0.39, 0.29) is 0 Å². The van der Waals surface area contributed by atoms with Crippen LogP contribution in [0.3, 0.4) is 0 Å². The molecule has 0 saturated heterocycles. The minimum atomic E-state index is -2.28. The number of nitrogens with zero attached hydrogens (tertiary/aromatic N) is 4. The second-order valence-electron chi connectivity index (χ2n) is 5.65. The van der Waals surface area contributed by atoms with E-state index >= 15 is 0 Å². The van der Waals surface area contributed by atoms with E-state index in [9.17, 15) is 0 Å². The Balaban J connectivity index is 1.90. The van der Waals surface area contributed by atoms with E-state index in [0.717, 1.165) is 0 Å². The fraction of sp³-hybridized carbons (Fsp3) is 0. The molecule has 0 radical (unpaired) electrons. The van der Waals surface area contributed by atoms with Crippen LogP contribution in [-0.2, 0) is 0 Å². The summed E-state index contributed by atoms with van der Waals surface area (Å²) in [7, 11) is -2.28. The monoisotopic (exact) mass is 288 g/mol. The molecule has 4 nitrogen and oxygen atoms in total. The summed E-state index contributed by atoms with van der Waals surface area (Å²) in [5.41, 5.74) is 5.25. The molecular weight excluding hydrogens is 276 g/mol. The Bertz CT molecular complexity index is 846. The number of hydrogen-bond donors (Lipinski definition) is 0. The smallest absolute Gasteiger partial charge is 0.320 e. The predicted molar refractivity (Wildman–Crippen MR) is 83.1 cm³/mol. The largest absolute Gasteiger partial charge is 0.520 e. The third-order valence-corrected chi connectivity index (χ3v) is 8.96. The van der Waals surface area contributed by atoms with E-state index in [0.29, 0.717) is 0 Å². The lowest BCUT2D eigenvalue weighted by atomic mass is 10.3. The molecule has 0 fully saturated rings. The normalized spacial score (nSPS) is 16.0. The molecule has 2 aliphatic rings. The predicted octanol–water partition coefficient (Wildman–Crippen LogP) is 2.78. The summed E-state index contributed by atoms with van der Waals surface area (Å²) < 4.78 is 9.95. The van der Waals surface area contributed by atoms with Crippen molar-refractivity contribution in [3.8, 4) is 22.8 Å². The zero-order valence-electron chi connectivity index (χ0n) is 11.2. The van der Waals surface area contributed by atoms with Crippen molar-refractivity contribution < 1.29 is 0 Å². The SMILES string of the molecule is c1cc2n(c1)[Si]1(n3cccc3-2)n2cccc2-c2cccn21. The maximum atomic E-state index is 2.49. The van der Waals surface area contributed by atoms with E-state index in [4.69, 9.17) is 0 Å². The van der Waals surface area contributed by atoms with E-state index in [1.54, 1.807) is 0 Å². The molecule has 100 valence electrons. The second kappa shape index (κ2) is 2.99. The van der Waals surface area contributed by atoms with Gasteiger partial charge in [0.05, 0.1) is 22.8 Å². The van der Waals surface area contributed by atoms with Gasteiger partial charge in [0.25, 0.3) is 0 Å². The highest BCUT2D eigenvalue weighted by atomic mass is 28.4. The van der Waals surface area contributed by atoms with Gasteiger partial charge in [-0.05, 0) is 48.5 Å². The quantitative estimate of drug-likeness (QED) is 0.383. The van der Waals surface area contributed by atoms with Crippen LogP contribution in [0.15, 0.2) is 73.3 Å². The van der Waals surface area contributed by atoms with Gasteiger partial charge in [-0.25, -0.2) is 0 Å². The van der Waals surface area contributed by atoms with Gasteiger partial charge < -0.3 is 16.9 Å². The Kier molecular flexibility index (Phi) is 1.44. The van der Waals surface area contributed by atoms with Crippen molar-refractivity contribution in [3.05, 3.63) is 73.3 Å². The van der Waals surface area contributed by atoms with Gasteiger partial charge in [-0.2, -0.15) is 0 Å². The highest BCUT2D eigenvalue weighted by Crippen LogP contribution is 2.43. The molecule has 0 N–H and O–H groups in total. The lowest BCUT2D eigenvalue weighted by molar-refractivity contribution is 0.904. The Morgan fingerprint density at radius 1 is 0.476 bits per heavy atom. The molecule has 1 spiro atoms. The van der Waals surface area contributed by atoms with Crippen LogP contribution in [0.1, 0.15) is 0 Å². The number of aromatic nitrogens is 4. The zero-order chi connectivity index (χ0) is 13.6. The molecule has 0 aromatic carbocycles. The Morgan fingerprint density at radius 3 is 1.05 bits per heavy atom. The van der Waals surface area contributed by atoms with Crippen molar-refractivity contribution in [2.75, 3.05) is 0 Å². The van der Waals surface area contributed by atoms with Crippen LogP contribution in [0.5, 0.6) is 0 Å². The van der Waals surface area contributed by atoms with Crippen molar-refractivity contribution in [3.63, 3.8) is 0 Å². The van der Waals surface area contributed by atoms with Crippen LogP contribution in [0.25, 0.3) is 22.8 Å². The molecule has 0 bridgehead atoms. The van der Waals surface area contributed by atoms with E-state index in [1.807, 2.05) is 0 Å². The Labute approximate surface area is 122 Å². The summed E-state index contributed by atoms with van der Waals surface area (Å²) in [6.45, 7) is 0. The first-order valence-electron chi connectivity index (χ1n) is 7.14. The van der Waals surface area contributed by atoms with Crippen molar-refractivity contribution in [1.82, 2.24) is 16.9 Å². The minimum Gasteiger partial charge on any atom is -0.320 e. The average molecular weight is 288 g/mol. The lowest BCUT2D eigenvalue weighted by Crippen LogP contribution is -2.58. The zero-order valence-corrected chi connectivity index (χ0v) is 12.2. The summed E-state index contributed by atoms with van der Waals surface area (Å²) >= 11 is 0. The summed E-state index contributed by atoms with van der Waals surface area (Å²) in [5, 5.41) is 0. The average Bonchev–Trinajstić information content (AvgIpc) is 3.26. The number of rotatable bonds is 0. The number of fused-ring (bicyclic) bond motifs is 10. The standard InChI is InChI=1S/C16H12N4Si/c1-5-13-14-6-2-10-18(14)21(17(13)9-1)19-11-3-7-15(19)16-8-4-12-20(16)21/h1-12H. The highest BCUT2D eigenvalue weighted by Gasteiger charge is 2.56. The molecule has 0 aliphatic carbocycles. The third kappa shape index (κ3) is 0.848. The maximum absolute atomic E-state index is 2.49. The molecule has 2 aliphatic heterocycles. The van der Waals surface area contributed by atoms with Gasteiger partial charge in [0, 0.05) is 24.8 Å². The summed E-state index contributed by atoms with van der Waals surface area (Å²) in [4.78, 5) is 0. The van der Waals surface area contributed by atoms with Gasteiger partial charge in [0.15, 0.2) is 0 Å². The first kappa shape index (κ1) is 10.1. The molecule has 0 atom stereocenters. The second-order valence-corrected chi connectivity index (χ2v) is 8.78. The van der Waals surface area contributed by atoms with Crippen LogP contribution in [0, 0.1) is 0 Å². The first-order chi connectivity index (χ1) is 10.4. The molecular formula is C16H12N4Si. The molecule has 0 unspecified atom stereocenters. The van der Waals surface area contributed by atoms with Crippen molar-refractivity contribution in [2.45, 2.75) is 0 Å². The van der Waals surface area contributed by atoms with E-state index in [2.05, 4.69) is 90.2 Å². The van der Waals surface area contributed by atoms with E-state index < -0.39 is 8.72 Å². The fourth-order valence-electron chi connectivity index (χ4n) is 4.10. The van der Waals surface area contributed by atoms with Gasteiger partial charge in [0.1, 0.15) is 0 Å². The number of hydrogen-bond acceptors (Lipinski definition) is 0. The Hall–Kier alpha value is -2.66. The molecule has 4 aromatic heterocycles. The van der Waals surface area contributed by atoms with Gasteiger partial charge in [-0.3, -0.25) is 0 Å². The van der Waals surface area contributed by atoms with Crippen LogP contribution < -0.4 is 0 Å². The fourth-order valence-corrected chi connectivity index (χ4v) is 8.69. The molecule has 4 aromatic rings. The maximum Gasteiger partial charge on any atom is 0.520 e. The van der Waals surface area contributed by atoms with Gasteiger partial charge in [-0.15, -0.1) is 0 Å². The van der Waals surface area contributed by atoms with Gasteiger partial charge in [-0.1, -0.05) is 0 Å². The van der Waals surface area contributed by atoms with Crippen LogP contribution >= 0.6 is 0 Å². The lowest BCUT2D eigenvalue weighted by Gasteiger charge is -2.28. The van der Waals surface area contributed by atoms with E-state index in [1.165, 1.54) is 22.8 Å². The van der Waals surface area contributed by atoms with Gasteiger partial charge in [0.2, 0.25) is 0 Å². The van der Waals surface area contributed by atoms with Crippen molar-refractivity contribution in [1.29, 1.82) is 0 Å². The third-order valence-electron chi connectivity index (χ3n) is 4.81. The highest BCUT2D eigenvalue weighted by molar-refractivity contribution is 6.77. The minimum absolute atomic E-state index is 1.31. The van der Waals surface area contributed by atoms with Crippen molar-refractivity contribution in [2.24, 2.45) is 0 Å². The summed E-state index contributed by atoms with van der Waals surface area (Å²) in [6, 6.07) is 17.5. The molecule has 0 amide bonds. The van der Waals surface area contributed by atoms with Crippen LogP contribution in [-0.4, -0.2) is 25.7 Å². The Morgan fingerprint density at radius 2 is 0.762 bits per heavy atom.